The zero-order valence-electron chi connectivity index (χ0n) is 11.0. The van der Waals surface area contributed by atoms with Crippen LogP contribution in [0.3, 0.4) is 0 Å². The SMILES string of the molecule is CN(C(=O)c1cc([N+](=O)[O-])ccc1F)c1ccc(O)cc1. The van der Waals surface area contributed by atoms with Crippen molar-refractivity contribution in [3.8, 4) is 5.75 Å². The van der Waals surface area contributed by atoms with E-state index < -0.39 is 16.6 Å². The Hall–Kier alpha value is -2.96. The molecule has 0 unspecified atom stereocenters. The van der Waals surface area contributed by atoms with Crippen molar-refractivity contribution in [1.82, 2.24) is 0 Å². The first-order valence-corrected chi connectivity index (χ1v) is 5.91. The number of nitro groups is 1. The molecule has 0 saturated heterocycles. The number of amides is 1. The standard InChI is InChI=1S/C14H11FN2O4/c1-16(9-2-5-11(18)6-3-9)14(19)12-8-10(17(20)21)4-7-13(12)15/h2-8,18H,1H3. The third-order valence-corrected chi connectivity index (χ3v) is 2.93. The molecule has 0 atom stereocenters. The van der Waals surface area contributed by atoms with Crippen LogP contribution in [0.5, 0.6) is 5.75 Å². The molecule has 108 valence electrons. The van der Waals surface area contributed by atoms with Gasteiger partial charge in [0, 0.05) is 24.9 Å². The van der Waals surface area contributed by atoms with Crippen LogP contribution in [0.2, 0.25) is 0 Å². The third-order valence-electron chi connectivity index (χ3n) is 2.93. The Morgan fingerprint density at radius 3 is 2.43 bits per heavy atom. The number of phenols is 1. The van der Waals surface area contributed by atoms with Crippen LogP contribution in [0, 0.1) is 15.9 Å². The van der Waals surface area contributed by atoms with Gasteiger partial charge in [-0.15, -0.1) is 0 Å². The monoisotopic (exact) mass is 290 g/mol. The van der Waals surface area contributed by atoms with Crippen molar-refractivity contribution in [3.63, 3.8) is 0 Å². The lowest BCUT2D eigenvalue weighted by atomic mass is 10.1. The summed E-state index contributed by atoms with van der Waals surface area (Å²) in [7, 11) is 1.41. The van der Waals surface area contributed by atoms with Gasteiger partial charge in [0.1, 0.15) is 11.6 Å². The summed E-state index contributed by atoms with van der Waals surface area (Å²) in [6, 6.07) is 8.48. The van der Waals surface area contributed by atoms with Crippen molar-refractivity contribution in [1.29, 1.82) is 0 Å². The number of benzene rings is 2. The van der Waals surface area contributed by atoms with E-state index in [4.69, 9.17) is 0 Å². The molecule has 2 aromatic carbocycles. The number of nitrogens with zero attached hydrogens (tertiary/aromatic N) is 2. The second-order valence-electron chi connectivity index (χ2n) is 4.30. The van der Waals surface area contributed by atoms with Gasteiger partial charge in [-0.2, -0.15) is 0 Å². The van der Waals surface area contributed by atoms with E-state index in [9.17, 15) is 24.4 Å². The summed E-state index contributed by atoms with van der Waals surface area (Å²) >= 11 is 0. The average molecular weight is 290 g/mol. The number of non-ortho nitro benzene ring substituents is 1. The van der Waals surface area contributed by atoms with E-state index in [1.54, 1.807) is 0 Å². The van der Waals surface area contributed by atoms with E-state index in [2.05, 4.69) is 0 Å². The van der Waals surface area contributed by atoms with Gasteiger partial charge in [0.2, 0.25) is 0 Å². The number of halogens is 1. The number of carbonyl (C=O) groups is 1. The van der Waals surface area contributed by atoms with Crippen molar-refractivity contribution in [2.24, 2.45) is 0 Å². The minimum absolute atomic E-state index is 0.0288. The molecule has 0 aliphatic rings. The van der Waals surface area contributed by atoms with Gasteiger partial charge >= 0.3 is 0 Å². The molecular formula is C14H11FN2O4. The second kappa shape index (κ2) is 5.58. The molecule has 0 radical (unpaired) electrons. The molecule has 0 aliphatic carbocycles. The lowest BCUT2D eigenvalue weighted by molar-refractivity contribution is -0.384. The molecule has 0 heterocycles. The van der Waals surface area contributed by atoms with E-state index in [-0.39, 0.29) is 17.0 Å². The largest absolute Gasteiger partial charge is 0.508 e. The minimum atomic E-state index is -0.837. The Morgan fingerprint density at radius 2 is 1.86 bits per heavy atom. The summed E-state index contributed by atoms with van der Waals surface area (Å²) in [5.41, 5.74) is -0.331. The van der Waals surface area contributed by atoms with E-state index in [1.807, 2.05) is 0 Å². The minimum Gasteiger partial charge on any atom is -0.508 e. The summed E-state index contributed by atoms with van der Waals surface area (Å²) in [5.74, 6) is -1.53. The summed E-state index contributed by atoms with van der Waals surface area (Å²) in [5, 5.41) is 19.9. The fourth-order valence-electron chi connectivity index (χ4n) is 1.76. The van der Waals surface area contributed by atoms with Crippen molar-refractivity contribution in [3.05, 3.63) is 64.0 Å². The first kappa shape index (κ1) is 14.4. The number of carbonyl (C=O) groups excluding carboxylic acids is 1. The Labute approximate surface area is 119 Å². The highest BCUT2D eigenvalue weighted by Gasteiger charge is 2.20. The van der Waals surface area contributed by atoms with Gasteiger partial charge in [-0.05, 0) is 30.3 Å². The highest BCUT2D eigenvalue weighted by Crippen LogP contribution is 2.22. The second-order valence-corrected chi connectivity index (χ2v) is 4.30. The molecule has 0 spiro atoms. The van der Waals surface area contributed by atoms with E-state index in [0.717, 1.165) is 23.1 Å². The molecule has 1 amide bonds. The van der Waals surface area contributed by atoms with Crippen molar-refractivity contribution in [2.75, 3.05) is 11.9 Å². The molecule has 0 fully saturated rings. The summed E-state index contributed by atoms with van der Waals surface area (Å²) < 4.78 is 13.7. The zero-order chi connectivity index (χ0) is 15.6. The van der Waals surface area contributed by atoms with E-state index in [0.29, 0.717) is 5.69 Å². The van der Waals surface area contributed by atoms with Crippen molar-refractivity contribution in [2.45, 2.75) is 0 Å². The fraction of sp³-hybridized carbons (Fsp3) is 0.0714. The highest BCUT2D eigenvalue weighted by molar-refractivity contribution is 6.06. The summed E-state index contributed by atoms with van der Waals surface area (Å²) in [6.07, 6.45) is 0. The summed E-state index contributed by atoms with van der Waals surface area (Å²) in [6.45, 7) is 0. The maximum Gasteiger partial charge on any atom is 0.270 e. The lowest BCUT2D eigenvalue weighted by Gasteiger charge is -2.17. The van der Waals surface area contributed by atoms with Gasteiger partial charge in [0.05, 0.1) is 10.5 Å². The van der Waals surface area contributed by atoms with Crippen LogP contribution in [-0.4, -0.2) is 23.0 Å². The normalized spacial score (nSPS) is 10.2. The van der Waals surface area contributed by atoms with Gasteiger partial charge in [-0.3, -0.25) is 14.9 Å². The molecule has 7 heteroatoms. The number of phenolic OH excluding ortho intramolecular Hbond substituents is 1. The first-order valence-electron chi connectivity index (χ1n) is 5.91. The van der Waals surface area contributed by atoms with Crippen LogP contribution < -0.4 is 4.90 Å². The number of rotatable bonds is 3. The van der Waals surface area contributed by atoms with Gasteiger partial charge in [0.15, 0.2) is 0 Å². The molecule has 21 heavy (non-hydrogen) atoms. The Kier molecular flexibility index (Phi) is 3.84. The molecule has 2 rings (SSSR count). The zero-order valence-corrected chi connectivity index (χ0v) is 11.0. The quantitative estimate of drug-likeness (QED) is 0.695. The number of anilines is 1. The van der Waals surface area contributed by atoms with Crippen molar-refractivity contribution < 1.29 is 19.2 Å². The molecule has 1 N–H and O–H groups in total. The van der Waals surface area contributed by atoms with Crippen LogP contribution in [0.1, 0.15) is 10.4 Å². The predicted octanol–water partition coefficient (Wildman–Crippen LogP) is 2.72. The van der Waals surface area contributed by atoms with Crippen molar-refractivity contribution >= 4 is 17.3 Å². The van der Waals surface area contributed by atoms with Crippen LogP contribution in [0.4, 0.5) is 15.8 Å². The maximum atomic E-state index is 13.7. The Balaban J connectivity index is 2.37. The van der Waals surface area contributed by atoms with E-state index in [1.165, 1.54) is 31.3 Å². The van der Waals surface area contributed by atoms with Gasteiger partial charge in [-0.1, -0.05) is 0 Å². The number of nitro benzene ring substituents is 1. The van der Waals surface area contributed by atoms with E-state index >= 15 is 0 Å². The first-order chi connectivity index (χ1) is 9.90. The molecule has 0 aromatic heterocycles. The molecule has 0 bridgehead atoms. The average Bonchev–Trinajstić information content (AvgIpc) is 2.47. The Morgan fingerprint density at radius 1 is 1.24 bits per heavy atom. The molecule has 0 saturated carbocycles. The molecule has 2 aromatic rings. The smallest absolute Gasteiger partial charge is 0.270 e. The number of aromatic hydroxyl groups is 1. The van der Waals surface area contributed by atoms with Gasteiger partial charge < -0.3 is 10.0 Å². The third kappa shape index (κ3) is 2.97. The lowest BCUT2D eigenvalue weighted by Crippen LogP contribution is -2.27. The number of hydrogen-bond donors (Lipinski definition) is 1. The Bertz CT molecular complexity index is 701. The van der Waals surface area contributed by atoms with Crippen LogP contribution >= 0.6 is 0 Å². The summed E-state index contributed by atoms with van der Waals surface area (Å²) in [4.78, 5) is 23.4. The van der Waals surface area contributed by atoms with Crippen LogP contribution in [-0.2, 0) is 0 Å². The maximum absolute atomic E-state index is 13.7. The molecule has 0 aliphatic heterocycles. The molecular weight excluding hydrogens is 279 g/mol. The van der Waals surface area contributed by atoms with Crippen LogP contribution in [0.15, 0.2) is 42.5 Å². The topological polar surface area (TPSA) is 83.7 Å². The highest BCUT2D eigenvalue weighted by atomic mass is 19.1. The molecule has 6 nitrogen and oxygen atoms in total. The van der Waals surface area contributed by atoms with Gasteiger partial charge in [0.25, 0.3) is 11.6 Å². The van der Waals surface area contributed by atoms with Crippen LogP contribution in [0.25, 0.3) is 0 Å². The predicted molar refractivity (Wildman–Crippen MR) is 73.9 cm³/mol. The van der Waals surface area contributed by atoms with Gasteiger partial charge in [-0.25, -0.2) is 4.39 Å². The number of hydrogen-bond acceptors (Lipinski definition) is 4. The fourth-order valence-corrected chi connectivity index (χ4v) is 1.76.